The van der Waals surface area contributed by atoms with E-state index in [1.807, 2.05) is 0 Å². The lowest BCUT2D eigenvalue weighted by atomic mass is 9.95. The van der Waals surface area contributed by atoms with Crippen LogP contribution in [-0.2, 0) is 4.74 Å². The molecule has 1 unspecified atom stereocenters. The summed E-state index contributed by atoms with van der Waals surface area (Å²) in [5.74, 6) is 1.20. The second-order valence-corrected chi connectivity index (χ2v) is 5.98. The van der Waals surface area contributed by atoms with E-state index in [2.05, 4.69) is 35.2 Å². The topological polar surface area (TPSA) is 38.5 Å². The second kappa shape index (κ2) is 6.04. The predicted molar refractivity (Wildman–Crippen MR) is 77.1 cm³/mol. The molecule has 0 amide bonds. The summed E-state index contributed by atoms with van der Waals surface area (Å²) in [5.41, 5.74) is 7.72. The molecule has 2 aliphatic heterocycles. The van der Waals surface area contributed by atoms with Crippen molar-refractivity contribution in [3.8, 4) is 0 Å². The van der Waals surface area contributed by atoms with Gasteiger partial charge < -0.3 is 15.4 Å². The first-order valence-electron chi connectivity index (χ1n) is 7.43. The monoisotopic (exact) mass is 260 g/mol. The summed E-state index contributed by atoms with van der Waals surface area (Å²) >= 11 is 0. The lowest BCUT2D eigenvalue weighted by Gasteiger charge is -2.26. The van der Waals surface area contributed by atoms with Gasteiger partial charge in [-0.05, 0) is 24.3 Å². The first kappa shape index (κ1) is 13.1. The second-order valence-electron chi connectivity index (χ2n) is 5.98. The van der Waals surface area contributed by atoms with Gasteiger partial charge in [-0.25, -0.2) is 0 Å². The highest BCUT2D eigenvalue weighted by Gasteiger charge is 2.32. The number of hydrogen-bond acceptors (Lipinski definition) is 3. The molecular weight excluding hydrogens is 236 g/mol. The number of hydrogen-bond donors (Lipinski definition) is 1. The SMILES string of the molecule is N[C@@H]1CN(CC2CCCOC2)C[C@H]1c1ccccc1. The van der Waals surface area contributed by atoms with Crippen LogP contribution in [0.25, 0.3) is 0 Å². The highest BCUT2D eigenvalue weighted by atomic mass is 16.5. The lowest BCUT2D eigenvalue weighted by Crippen LogP contribution is -2.34. The van der Waals surface area contributed by atoms with Crippen LogP contribution in [0, 0.1) is 5.92 Å². The van der Waals surface area contributed by atoms with E-state index in [9.17, 15) is 0 Å². The number of nitrogens with zero attached hydrogens (tertiary/aromatic N) is 1. The maximum atomic E-state index is 6.33. The fraction of sp³-hybridized carbons (Fsp3) is 0.625. The molecule has 2 heterocycles. The summed E-state index contributed by atoms with van der Waals surface area (Å²) < 4.78 is 5.57. The van der Waals surface area contributed by atoms with Crippen molar-refractivity contribution in [1.82, 2.24) is 4.90 Å². The van der Waals surface area contributed by atoms with Gasteiger partial charge in [-0.3, -0.25) is 0 Å². The Hall–Kier alpha value is -0.900. The summed E-state index contributed by atoms with van der Waals surface area (Å²) in [6.45, 7) is 5.15. The van der Waals surface area contributed by atoms with Crippen LogP contribution in [-0.4, -0.2) is 43.8 Å². The maximum absolute atomic E-state index is 6.33. The summed E-state index contributed by atoms with van der Waals surface area (Å²) in [7, 11) is 0. The van der Waals surface area contributed by atoms with E-state index < -0.39 is 0 Å². The fourth-order valence-corrected chi connectivity index (χ4v) is 3.43. The van der Waals surface area contributed by atoms with Crippen LogP contribution in [0.5, 0.6) is 0 Å². The first-order chi connectivity index (χ1) is 9.33. The van der Waals surface area contributed by atoms with Crippen molar-refractivity contribution in [2.24, 2.45) is 11.7 Å². The number of nitrogens with two attached hydrogens (primary N) is 1. The molecule has 0 radical (unpaired) electrons. The molecule has 0 spiro atoms. The Labute approximate surface area is 115 Å². The van der Waals surface area contributed by atoms with Crippen LogP contribution in [0.15, 0.2) is 30.3 Å². The molecule has 19 heavy (non-hydrogen) atoms. The summed E-state index contributed by atoms with van der Waals surface area (Å²) in [6, 6.07) is 11.0. The number of likely N-dealkylation sites (tertiary alicyclic amines) is 1. The van der Waals surface area contributed by atoms with Crippen LogP contribution >= 0.6 is 0 Å². The van der Waals surface area contributed by atoms with Crippen LogP contribution in [0.2, 0.25) is 0 Å². The zero-order chi connectivity index (χ0) is 13.1. The normalized spacial score (nSPS) is 32.6. The van der Waals surface area contributed by atoms with E-state index in [1.54, 1.807) is 0 Å². The third-order valence-corrected chi connectivity index (χ3v) is 4.44. The Bertz CT molecular complexity index is 389. The molecule has 3 atom stereocenters. The minimum absolute atomic E-state index is 0.270. The highest BCUT2D eigenvalue weighted by Crippen LogP contribution is 2.27. The van der Waals surface area contributed by atoms with Crippen LogP contribution in [0.4, 0.5) is 0 Å². The van der Waals surface area contributed by atoms with Crippen molar-refractivity contribution in [2.75, 3.05) is 32.8 Å². The molecule has 104 valence electrons. The molecule has 3 nitrogen and oxygen atoms in total. The molecule has 0 aliphatic carbocycles. The van der Waals surface area contributed by atoms with Crippen molar-refractivity contribution in [1.29, 1.82) is 0 Å². The Kier molecular flexibility index (Phi) is 4.16. The van der Waals surface area contributed by atoms with E-state index in [-0.39, 0.29) is 6.04 Å². The molecule has 3 rings (SSSR count). The van der Waals surface area contributed by atoms with E-state index in [1.165, 1.54) is 18.4 Å². The smallest absolute Gasteiger partial charge is 0.0506 e. The quantitative estimate of drug-likeness (QED) is 0.901. The number of ether oxygens (including phenoxy) is 1. The van der Waals surface area contributed by atoms with Gasteiger partial charge in [0.05, 0.1) is 6.61 Å². The molecule has 0 aromatic heterocycles. The largest absolute Gasteiger partial charge is 0.381 e. The van der Waals surface area contributed by atoms with Crippen molar-refractivity contribution in [3.63, 3.8) is 0 Å². The Morgan fingerprint density at radius 2 is 2.05 bits per heavy atom. The first-order valence-corrected chi connectivity index (χ1v) is 7.43. The van der Waals surface area contributed by atoms with Gasteiger partial charge in [0.15, 0.2) is 0 Å². The molecule has 2 aliphatic rings. The third kappa shape index (κ3) is 3.16. The highest BCUT2D eigenvalue weighted by molar-refractivity contribution is 5.23. The van der Waals surface area contributed by atoms with E-state index in [4.69, 9.17) is 10.5 Å². The Morgan fingerprint density at radius 3 is 2.79 bits per heavy atom. The lowest BCUT2D eigenvalue weighted by molar-refractivity contribution is 0.0415. The van der Waals surface area contributed by atoms with Gasteiger partial charge in [0.25, 0.3) is 0 Å². The predicted octanol–water partition coefficient (Wildman–Crippen LogP) is 1.84. The zero-order valence-corrected chi connectivity index (χ0v) is 11.5. The van der Waals surface area contributed by atoms with Crippen LogP contribution in [0.1, 0.15) is 24.3 Å². The minimum atomic E-state index is 0.270. The summed E-state index contributed by atoms with van der Waals surface area (Å²) in [4.78, 5) is 2.53. The molecule has 2 saturated heterocycles. The van der Waals surface area contributed by atoms with Gasteiger partial charge in [-0.1, -0.05) is 30.3 Å². The maximum Gasteiger partial charge on any atom is 0.0506 e. The number of rotatable bonds is 3. The Morgan fingerprint density at radius 1 is 1.21 bits per heavy atom. The van der Waals surface area contributed by atoms with Gasteiger partial charge in [-0.2, -0.15) is 0 Å². The van der Waals surface area contributed by atoms with Gasteiger partial charge >= 0.3 is 0 Å². The van der Waals surface area contributed by atoms with Gasteiger partial charge in [-0.15, -0.1) is 0 Å². The fourth-order valence-electron chi connectivity index (χ4n) is 3.43. The van der Waals surface area contributed by atoms with Gasteiger partial charge in [0.2, 0.25) is 0 Å². The van der Waals surface area contributed by atoms with Gasteiger partial charge in [0, 0.05) is 38.2 Å². The molecule has 2 N–H and O–H groups in total. The van der Waals surface area contributed by atoms with E-state index in [0.717, 1.165) is 32.8 Å². The van der Waals surface area contributed by atoms with E-state index in [0.29, 0.717) is 11.8 Å². The summed E-state index contributed by atoms with van der Waals surface area (Å²) in [5, 5.41) is 0. The molecule has 0 saturated carbocycles. The van der Waals surface area contributed by atoms with Crippen molar-refractivity contribution in [2.45, 2.75) is 24.8 Å². The summed E-state index contributed by atoms with van der Waals surface area (Å²) in [6.07, 6.45) is 2.52. The zero-order valence-electron chi connectivity index (χ0n) is 11.5. The molecule has 2 fully saturated rings. The molecule has 1 aromatic carbocycles. The van der Waals surface area contributed by atoms with Crippen molar-refractivity contribution in [3.05, 3.63) is 35.9 Å². The van der Waals surface area contributed by atoms with Crippen molar-refractivity contribution >= 4 is 0 Å². The third-order valence-electron chi connectivity index (χ3n) is 4.44. The average Bonchev–Trinajstić information content (AvgIpc) is 2.82. The molecule has 1 aromatic rings. The van der Waals surface area contributed by atoms with Crippen LogP contribution < -0.4 is 5.73 Å². The average molecular weight is 260 g/mol. The number of benzene rings is 1. The molecular formula is C16H24N2O. The standard InChI is InChI=1S/C16H24N2O/c17-16-11-18(9-13-5-4-8-19-12-13)10-15(16)14-6-2-1-3-7-14/h1-3,6-7,13,15-16H,4-5,8-12,17H2/t13?,15-,16+/m0/s1. The minimum Gasteiger partial charge on any atom is -0.381 e. The molecule has 3 heteroatoms. The van der Waals surface area contributed by atoms with Gasteiger partial charge in [0.1, 0.15) is 0 Å². The molecule has 0 bridgehead atoms. The van der Waals surface area contributed by atoms with Crippen LogP contribution in [0.3, 0.4) is 0 Å². The Balaban J connectivity index is 1.58. The van der Waals surface area contributed by atoms with Crippen molar-refractivity contribution < 1.29 is 4.74 Å². The van der Waals surface area contributed by atoms with E-state index >= 15 is 0 Å².